The predicted molar refractivity (Wildman–Crippen MR) is 99.6 cm³/mol. The van der Waals surface area contributed by atoms with Crippen molar-refractivity contribution in [2.45, 2.75) is 32.5 Å². The van der Waals surface area contributed by atoms with Crippen molar-refractivity contribution in [2.75, 3.05) is 5.32 Å². The summed E-state index contributed by atoms with van der Waals surface area (Å²) in [7, 11) is 0. The Kier molecular flexibility index (Phi) is 5.21. The highest BCUT2D eigenvalue weighted by atomic mass is 35.5. The SMILES string of the molecule is C=Cc1c(CCC(C)F)oc2c(NCc3cccs3)cc(Cl)nc12. The number of rotatable bonds is 7. The van der Waals surface area contributed by atoms with E-state index in [2.05, 4.69) is 22.9 Å². The highest BCUT2D eigenvalue weighted by Gasteiger charge is 2.18. The van der Waals surface area contributed by atoms with Gasteiger partial charge in [-0.25, -0.2) is 9.37 Å². The van der Waals surface area contributed by atoms with Gasteiger partial charge in [0, 0.05) is 29.5 Å². The average molecular weight is 365 g/mol. The second-order valence-corrected chi connectivity index (χ2v) is 6.99. The van der Waals surface area contributed by atoms with Gasteiger partial charge in [-0.05, 0) is 24.8 Å². The van der Waals surface area contributed by atoms with Gasteiger partial charge in [-0.15, -0.1) is 11.3 Å². The van der Waals surface area contributed by atoms with E-state index in [0.29, 0.717) is 41.4 Å². The molecular formula is C18H18ClFN2OS. The summed E-state index contributed by atoms with van der Waals surface area (Å²) in [6.45, 7) is 6.05. The van der Waals surface area contributed by atoms with Gasteiger partial charge < -0.3 is 9.73 Å². The molecule has 6 heteroatoms. The summed E-state index contributed by atoms with van der Waals surface area (Å²) in [5.41, 5.74) is 2.86. The van der Waals surface area contributed by atoms with Crippen molar-refractivity contribution in [3.8, 4) is 0 Å². The standard InChI is InChI=1S/C18H18ClFN2OS/c1-3-13-15(7-6-11(2)20)23-18-14(9-16(19)22-17(13)18)21-10-12-5-4-8-24-12/h3-5,8-9,11H,1,6-7,10H2,2H3,(H,21,22). The molecule has 3 aromatic rings. The van der Waals surface area contributed by atoms with Crippen LogP contribution in [0.4, 0.5) is 10.1 Å². The first-order valence-corrected chi connectivity index (χ1v) is 8.99. The van der Waals surface area contributed by atoms with Crippen LogP contribution in [0, 0.1) is 0 Å². The van der Waals surface area contributed by atoms with Crippen LogP contribution in [0.15, 0.2) is 34.6 Å². The van der Waals surface area contributed by atoms with Gasteiger partial charge in [-0.3, -0.25) is 0 Å². The molecule has 0 saturated carbocycles. The van der Waals surface area contributed by atoms with Crippen molar-refractivity contribution in [1.82, 2.24) is 4.98 Å². The van der Waals surface area contributed by atoms with Crippen LogP contribution in [0.5, 0.6) is 0 Å². The van der Waals surface area contributed by atoms with Crippen LogP contribution in [0.1, 0.15) is 29.5 Å². The van der Waals surface area contributed by atoms with Gasteiger partial charge in [0.05, 0.1) is 11.9 Å². The molecule has 1 N–H and O–H groups in total. The topological polar surface area (TPSA) is 38.1 Å². The number of furan rings is 1. The Morgan fingerprint density at radius 2 is 2.38 bits per heavy atom. The lowest BCUT2D eigenvalue weighted by atomic mass is 10.1. The number of nitrogens with zero attached hydrogens (tertiary/aromatic N) is 1. The normalized spacial score (nSPS) is 12.5. The van der Waals surface area contributed by atoms with E-state index in [1.165, 1.54) is 4.88 Å². The molecule has 0 aliphatic heterocycles. The maximum atomic E-state index is 13.2. The lowest BCUT2D eigenvalue weighted by Gasteiger charge is -2.06. The molecule has 126 valence electrons. The maximum Gasteiger partial charge on any atom is 0.176 e. The number of thiophene rings is 1. The summed E-state index contributed by atoms with van der Waals surface area (Å²) in [6, 6.07) is 5.81. The summed E-state index contributed by atoms with van der Waals surface area (Å²) >= 11 is 7.84. The van der Waals surface area contributed by atoms with E-state index in [1.54, 1.807) is 30.4 Å². The van der Waals surface area contributed by atoms with Crippen molar-refractivity contribution in [3.63, 3.8) is 0 Å². The predicted octanol–water partition coefficient (Wildman–Crippen LogP) is 6.09. The lowest BCUT2D eigenvalue weighted by molar-refractivity contribution is 0.333. The van der Waals surface area contributed by atoms with Crippen LogP contribution in [-0.4, -0.2) is 11.2 Å². The molecule has 3 heterocycles. The largest absolute Gasteiger partial charge is 0.457 e. The Morgan fingerprint density at radius 1 is 1.54 bits per heavy atom. The lowest BCUT2D eigenvalue weighted by Crippen LogP contribution is -1.98. The molecular weight excluding hydrogens is 347 g/mol. The van der Waals surface area contributed by atoms with E-state index >= 15 is 0 Å². The fraction of sp³-hybridized carbons (Fsp3) is 0.278. The smallest absolute Gasteiger partial charge is 0.176 e. The molecule has 3 aromatic heterocycles. The minimum atomic E-state index is -0.885. The number of fused-ring (bicyclic) bond motifs is 1. The molecule has 0 spiro atoms. The third kappa shape index (κ3) is 3.62. The average Bonchev–Trinajstić information content (AvgIpc) is 3.17. The summed E-state index contributed by atoms with van der Waals surface area (Å²) in [4.78, 5) is 5.58. The van der Waals surface area contributed by atoms with E-state index in [1.807, 2.05) is 11.4 Å². The number of aryl methyl sites for hydroxylation is 1. The summed E-state index contributed by atoms with van der Waals surface area (Å²) < 4.78 is 19.2. The number of pyridine rings is 1. The van der Waals surface area contributed by atoms with Crippen molar-refractivity contribution in [2.24, 2.45) is 0 Å². The number of hydrogen-bond donors (Lipinski definition) is 1. The van der Waals surface area contributed by atoms with Crippen LogP contribution in [0.25, 0.3) is 17.2 Å². The summed E-state index contributed by atoms with van der Waals surface area (Å²) in [5, 5.41) is 5.76. The van der Waals surface area contributed by atoms with Crippen LogP contribution in [0.3, 0.4) is 0 Å². The summed E-state index contributed by atoms with van der Waals surface area (Å²) in [5.74, 6) is 0.693. The molecule has 24 heavy (non-hydrogen) atoms. The van der Waals surface area contributed by atoms with Crippen molar-refractivity contribution in [1.29, 1.82) is 0 Å². The first-order chi connectivity index (χ1) is 11.6. The van der Waals surface area contributed by atoms with E-state index in [-0.39, 0.29) is 0 Å². The minimum absolute atomic E-state index is 0.380. The number of halogens is 2. The number of nitrogens with one attached hydrogen (secondary N) is 1. The molecule has 1 atom stereocenters. The highest BCUT2D eigenvalue weighted by Crippen LogP contribution is 2.34. The molecule has 1 unspecified atom stereocenters. The Labute approximate surface area is 149 Å². The van der Waals surface area contributed by atoms with Crippen LogP contribution < -0.4 is 5.32 Å². The van der Waals surface area contributed by atoms with Gasteiger partial charge in [-0.1, -0.05) is 30.3 Å². The van der Waals surface area contributed by atoms with Gasteiger partial charge in [0.2, 0.25) is 0 Å². The second-order valence-electron chi connectivity index (χ2n) is 5.57. The molecule has 0 aliphatic rings. The number of alkyl halides is 1. The molecule has 3 nitrogen and oxygen atoms in total. The molecule has 3 rings (SSSR count). The number of aromatic nitrogens is 1. The Morgan fingerprint density at radius 3 is 3.04 bits per heavy atom. The number of anilines is 1. The second kappa shape index (κ2) is 7.36. The van der Waals surface area contributed by atoms with Crippen molar-refractivity contribution >= 4 is 45.8 Å². The van der Waals surface area contributed by atoms with Gasteiger partial charge in [0.15, 0.2) is 5.58 Å². The molecule has 0 amide bonds. The third-order valence-corrected chi connectivity index (χ3v) is 4.80. The van der Waals surface area contributed by atoms with E-state index < -0.39 is 6.17 Å². The van der Waals surface area contributed by atoms with Gasteiger partial charge >= 0.3 is 0 Å². The van der Waals surface area contributed by atoms with Gasteiger partial charge in [0.1, 0.15) is 16.4 Å². The van der Waals surface area contributed by atoms with E-state index in [9.17, 15) is 4.39 Å². The Bertz CT molecular complexity index is 842. The minimum Gasteiger partial charge on any atom is -0.457 e. The van der Waals surface area contributed by atoms with Crippen molar-refractivity contribution in [3.05, 3.63) is 51.5 Å². The summed E-state index contributed by atoms with van der Waals surface area (Å²) in [6.07, 6.45) is 1.70. The number of hydrogen-bond acceptors (Lipinski definition) is 4. The fourth-order valence-electron chi connectivity index (χ4n) is 2.55. The third-order valence-electron chi connectivity index (χ3n) is 3.73. The van der Waals surface area contributed by atoms with Crippen LogP contribution in [-0.2, 0) is 13.0 Å². The van der Waals surface area contributed by atoms with Gasteiger partial charge in [0.25, 0.3) is 0 Å². The quantitative estimate of drug-likeness (QED) is 0.515. The first kappa shape index (κ1) is 17.0. The molecule has 0 saturated heterocycles. The highest BCUT2D eigenvalue weighted by molar-refractivity contribution is 7.09. The molecule has 0 aliphatic carbocycles. The van der Waals surface area contributed by atoms with E-state index in [4.69, 9.17) is 16.0 Å². The van der Waals surface area contributed by atoms with E-state index in [0.717, 1.165) is 11.3 Å². The molecule has 0 bridgehead atoms. The molecule has 0 fully saturated rings. The van der Waals surface area contributed by atoms with Crippen molar-refractivity contribution < 1.29 is 8.81 Å². The van der Waals surface area contributed by atoms with Gasteiger partial charge in [-0.2, -0.15) is 0 Å². The first-order valence-electron chi connectivity index (χ1n) is 7.73. The zero-order valence-electron chi connectivity index (χ0n) is 13.3. The van der Waals surface area contributed by atoms with Crippen LogP contribution in [0.2, 0.25) is 5.15 Å². The zero-order chi connectivity index (χ0) is 17.1. The Balaban J connectivity index is 1.97. The van der Waals surface area contributed by atoms with Crippen LogP contribution >= 0.6 is 22.9 Å². The molecule has 0 aromatic carbocycles. The maximum absolute atomic E-state index is 13.2. The monoisotopic (exact) mass is 364 g/mol. The Hall–Kier alpha value is -1.85. The fourth-order valence-corrected chi connectivity index (χ4v) is 3.39. The molecule has 0 radical (unpaired) electrons. The zero-order valence-corrected chi connectivity index (χ0v) is 14.9.